The first-order valence-electron chi connectivity index (χ1n) is 10.4. The van der Waals surface area contributed by atoms with Crippen LogP contribution in [0.4, 0.5) is 5.82 Å². The number of ether oxygens (including phenoxy) is 1. The van der Waals surface area contributed by atoms with Crippen LogP contribution in [0, 0.1) is 0 Å². The minimum atomic E-state index is 0.477. The van der Waals surface area contributed by atoms with Crippen LogP contribution in [-0.2, 0) is 17.9 Å². The molecule has 2 aromatic heterocycles. The molecule has 1 aromatic carbocycles. The van der Waals surface area contributed by atoms with E-state index in [1.54, 1.807) is 13.4 Å². The van der Waals surface area contributed by atoms with Crippen LogP contribution in [0.15, 0.2) is 42.7 Å². The van der Waals surface area contributed by atoms with Gasteiger partial charge < -0.3 is 9.64 Å². The summed E-state index contributed by atoms with van der Waals surface area (Å²) in [5.74, 6) is 1.67. The van der Waals surface area contributed by atoms with E-state index in [-0.39, 0.29) is 0 Å². The number of nitrogens with zero attached hydrogens (tertiary/aromatic N) is 6. The Morgan fingerprint density at radius 1 is 1.14 bits per heavy atom. The quantitative estimate of drug-likeness (QED) is 0.643. The fourth-order valence-electron chi connectivity index (χ4n) is 5.12. The Morgan fingerprint density at radius 2 is 1.90 bits per heavy atom. The number of hydrogen-bond acceptors (Lipinski definition) is 6. The van der Waals surface area contributed by atoms with E-state index < -0.39 is 0 Å². The number of fused-ring (bicyclic) bond motifs is 3. The highest BCUT2D eigenvalue weighted by atomic mass is 16.5. The number of piperidine rings is 1. The Hall–Kier alpha value is -2.51. The summed E-state index contributed by atoms with van der Waals surface area (Å²) in [5.41, 5.74) is 2.30. The van der Waals surface area contributed by atoms with Crippen LogP contribution < -0.4 is 4.90 Å². The number of methoxy groups -OCH3 is 1. The summed E-state index contributed by atoms with van der Waals surface area (Å²) >= 11 is 0. The first kappa shape index (κ1) is 18.5. The Labute approximate surface area is 171 Å². The third kappa shape index (κ3) is 3.49. The maximum Gasteiger partial charge on any atom is 0.254 e. The molecule has 2 saturated heterocycles. The predicted octanol–water partition coefficient (Wildman–Crippen LogP) is 2.90. The summed E-state index contributed by atoms with van der Waals surface area (Å²) in [4.78, 5) is 14.0. The van der Waals surface area contributed by atoms with Crippen LogP contribution in [0.25, 0.3) is 5.78 Å². The van der Waals surface area contributed by atoms with Gasteiger partial charge in [0.1, 0.15) is 12.1 Å². The molecular weight excluding hydrogens is 364 g/mol. The average Bonchev–Trinajstić information content (AvgIpc) is 3.29. The maximum absolute atomic E-state index is 5.30. The smallest absolute Gasteiger partial charge is 0.254 e. The van der Waals surface area contributed by atoms with E-state index in [0.717, 1.165) is 18.1 Å². The molecule has 2 bridgehead atoms. The van der Waals surface area contributed by atoms with Crippen molar-refractivity contribution in [1.29, 1.82) is 0 Å². The summed E-state index contributed by atoms with van der Waals surface area (Å²) in [5, 5.41) is 4.41. The maximum atomic E-state index is 5.30. The van der Waals surface area contributed by atoms with Crippen molar-refractivity contribution < 1.29 is 4.74 Å². The van der Waals surface area contributed by atoms with E-state index in [1.165, 1.54) is 31.2 Å². The predicted molar refractivity (Wildman–Crippen MR) is 112 cm³/mol. The number of anilines is 1. The SMILES string of the molecule is COCc1cc(N(C)C2CC3CCC(C2)N3Cc2ccccc2)n2ncnc2n1. The third-order valence-electron chi connectivity index (χ3n) is 6.55. The Balaban J connectivity index is 1.37. The molecular formula is C22H28N6O. The zero-order chi connectivity index (χ0) is 19.8. The van der Waals surface area contributed by atoms with Gasteiger partial charge in [-0.05, 0) is 31.2 Å². The standard InChI is InChI=1S/C22H28N6O/c1-26(21-10-17(14-29-2)25-22-23-15-24-28(21)22)20-11-18-8-9-19(12-20)27(18)13-16-6-4-3-5-7-16/h3-7,10,15,18-20H,8-9,11-14H2,1-2H3. The van der Waals surface area contributed by atoms with Gasteiger partial charge in [-0.1, -0.05) is 30.3 Å². The average molecular weight is 393 g/mol. The van der Waals surface area contributed by atoms with Crippen molar-refractivity contribution in [3.63, 3.8) is 0 Å². The molecule has 152 valence electrons. The molecule has 7 nitrogen and oxygen atoms in total. The first-order chi connectivity index (χ1) is 14.2. The summed E-state index contributed by atoms with van der Waals surface area (Å²) < 4.78 is 7.15. The minimum Gasteiger partial charge on any atom is -0.378 e. The Morgan fingerprint density at radius 3 is 2.62 bits per heavy atom. The van der Waals surface area contributed by atoms with Crippen LogP contribution in [0.2, 0.25) is 0 Å². The largest absolute Gasteiger partial charge is 0.378 e. The van der Waals surface area contributed by atoms with Gasteiger partial charge >= 0.3 is 0 Å². The monoisotopic (exact) mass is 392 g/mol. The molecule has 5 rings (SSSR count). The van der Waals surface area contributed by atoms with E-state index in [1.807, 2.05) is 4.52 Å². The number of hydrogen-bond donors (Lipinski definition) is 0. The first-order valence-corrected chi connectivity index (χ1v) is 10.4. The molecule has 2 fully saturated rings. The van der Waals surface area contributed by atoms with E-state index in [4.69, 9.17) is 4.74 Å². The lowest BCUT2D eigenvalue weighted by Crippen LogP contribution is -2.49. The molecule has 29 heavy (non-hydrogen) atoms. The summed E-state index contributed by atoms with van der Waals surface area (Å²) in [6.45, 7) is 1.54. The van der Waals surface area contributed by atoms with Crippen LogP contribution in [0.3, 0.4) is 0 Å². The van der Waals surface area contributed by atoms with Gasteiger partial charge in [-0.2, -0.15) is 14.6 Å². The lowest BCUT2D eigenvalue weighted by Gasteiger charge is -2.42. The second kappa shape index (κ2) is 7.72. The number of benzene rings is 1. The molecule has 2 unspecified atom stereocenters. The molecule has 7 heteroatoms. The zero-order valence-corrected chi connectivity index (χ0v) is 17.1. The molecule has 4 heterocycles. The molecule has 0 amide bonds. The molecule has 0 N–H and O–H groups in total. The molecule has 0 spiro atoms. The summed E-state index contributed by atoms with van der Waals surface area (Å²) in [6.07, 6.45) is 6.52. The van der Waals surface area contributed by atoms with Crippen molar-refractivity contribution in [2.45, 2.75) is 57.0 Å². The molecule has 2 aliphatic heterocycles. The number of aromatic nitrogens is 4. The van der Waals surface area contributed by atoms with E-state index in [2.05, 4.69) is 68.3 Å². The van der Waals surface area contributed by atoms with Gasteiger partial charge in [0.2, 0.25) is 0 Å². The van der Waals surface area contributed by atoms with Crippen LogP contribution in [0.5, 0.6) is 0 Å². The molecule has 2 aliphatic rings. The molecule has 2 atom stereocenters. The molecule has 0 aliphatic carbocycles. The van der Waals surface area contributed by atoms with Crippen molar-refractivity contribution in [3.8, 4) is 0 Å². The van der Waals surface area contributed by atoms with Crippen molar-refractivity contribution >= 4 is 11.6 Å². The summed E-state index contributed by atoms with van der Waals surface area (Å²) in [6, 6.07) is 14.7. The van der Waals surface area contributed by atoms with Gasteiger partial charge in [-0.15, -0.1) is 0 Å². The highest BCUT2D eigenvalue weighted by Gasteiger charge is 2.42. The fraction of sp³-hybridized carbons (Fsp3) is 0.500. The molecule has 3 aromatic rings. The number of rotatable bonds is 6. The van der Waals surface area contributed by atoms with Crippen molar-refractivity contribution in [1.82, 2.24) is 24.5 Å². The third-order valence-corrected chi connectivity index (χ3v) is 6.55. The Kier molecular flexibility index (Phi) is 4.93. The normalized spacial score (nSPS) is 24.3. The van der Waals surface area contributed by atoms with E-state index >= 15 is 0 Å². The molecule has 0 saturated carbocycles. The van der Waals surface area contributed by atoms with Crippen LogP contribution >= 0.6 is 0 Å². The summed E-state index contributed by atoms with van der Waals surface area (Å²) in [7, 11) is 3.88. The lowest BCUT2D eigenvalue weighted by molar-refractivity contribution is 0.118. The van der Waals surface area contributed by atoms with Gasteiger partial charge in [0.05, 0.1) is 12.3 Å². The van der Waals surface area contributed by atoms with Gasteiger partial charge in [0.25, 0.3) is 5.78 Å². The fourth-order valence-corrected chi connectivity index (χ4v) is 5.12. The topological polar surface area (TPSA) is 58.8 Å². The van der Waals surface area contributed by atoms with E-state index in [9.17, 15) is 0 Å². The van der Waals surface area contributed by atoms with E-state index in [0.29, 0.717) is 30.5 Å². The molecule has 0 radical (unpaired) electrons. The second-order valence-corrected chi connectivity index (χ2v) is 8.29. The Bertz CT molecular complexity index is 960. The van der Waals surface area contributed by atoms with Gasteiger partial charge in [-0.25, -0.2) is 4.98 Å². The highest BCUT2D eigenvalue weighted by molar-refractivity contribution is 5.47. The van der Waals surface area contributed by atoms with Gasteiger partial charge in [0, 0.05) is 44.9 Å². The van der Waals surface area contributed by atoms with Crippen molar-refractivity contribution in [2.24, 2.45) is 0 Å². The van der Waals surface area contributed by atoms with Gasteiger partial charge in [0.15, 0.2) is 0 Å². The van der Waals surface area contributed by atoms with Crippen LogP contribution in [-0.4, -0.2) is 56.8 Å². The van der Waals surface area contributed by atoms with Gasteiger partial charge in [-0.3, -0.25) is 4.90 Å². The highest BCUT2D eigenvalue weighted by Crippen LogP contribution is 2.39. The zero-order valence-electron chi connectivity index (χ0n) is 17.1. The minimum absolute atomic E-state index is 0.477. The second-order valence-electron chi connectivity index (χ2n) is 8.29. The lowest BCUT2D eigenvalue weighted by atomic mass is 9.95. The van der Waals surface area contributed by atoms with Crippen molar-refractivity contribution in [3.05, 3.63) is 54.0 Å². The van der Waals surface area contributed by atoms with Crippen LogP contribution in [0.1, 0.15) is 36.9 Å². The van der Waals surface area contributed by atoms with Crippen molar-refractivity contribution in [2.75, 3.05) is 19.1 Å².